The van der Waals surface area contributed by atoms with Gasteiger partial charge >= 0.3 is 0 Å². The highest BCUT2D eigenvalue weighted by molar-refractivity contribution is 6.11. The molecule has 156 valence electrons. The minimum atomic E-state index is -0.233. The lowest BCUT2D eigenvalue weighted by Crippen LogP contribution is -2.36. The second-order valence-corrected chi connectivity index (χ2v) is 7.66. The third-order valence-corrected chi connectivity index (χ3v) is 5.80. The molecule has 0 atom stereocenters. The van der Waals surface area contributed by atoms with E-state index in [2.05, 4.69) is 15.5 Å². The molecule has 0 bridgehead atoms. The van der Waals surface area contributed by atoms with E-state index in [4.69, 9.17) is 4.74 Å². The second kappa shape index (κ2) is 8.24. The number of amides is 2. The number of carbonyl (C=O) groups is 2. The molecule has 2 aliphatic rings. The molecule has 0 spiro atoms. The maximum atomic E-state index is 12.9. The molecule has 6 heteroatoms. The Morgan fingerprint density at radius 1 is 0.935 bits per heavy atom. The van der Waals surface area contributed by atoms with E-state index in [0.717, 1.165) is 35.5 Å². The van der Waals surface area contributed by atoms with Gasteiger partial charge in [-0.25, -0.2) is 0 Å². The summed E-state index contributed by atoms with van der Waals surface area (Å²) >= 11 is 0. The summed E-state index contributed by atoms with van der Waals surface area (Å²) in [6.07, 6.45) is 0. The van der Waals surface area contributed by atoms with Crippen LogP contribution in [0, 0.1) is 0 Å². The maximum absolute atomic E-state index is 12.9. The van der Waals surface area contributed by atoms with Crippen LogP contribution in [-0.2, 0) is 11.3 Å². The molecule has 3 aromatic carbocycles. The lowest BCUT2D eigenvalue weighted by Gasteiger charge is -2.28. The van der Waals surface area contributed by atoms with Crippen molar-refractivity contribution in [3.63, 3.8) is 0 Å². The first kappa shape index (κ1) is 19.3. The number of morpholine rings is 1. The van der Waals surface area contributed by atoms with Crippen molar-refractivity contribution in [2.75, 3.05) is 36.5 Å². The number of hydrogen-bond donors (Lipinski definition) is 2. The van der Waals surface area contributed by atoms with Gasteiger partial charge in [-0.15, -0.1) is 0 Å². The smallest absolute Gasteiger partial charge is 0.255 e. The summed E-state index contributed by atoms with van der Waals surface area (Å²) in [7, 11) is 0. The molecule has 1 saturated heterocycles. The van der Waals surface area contributed by atoms with Crippen LogP contribution in [0.2, 0.25) is 0 Å². The number of rotatable bonds is 4. The highest BCUT2D eigenvalue weighted by atomic mass is 16.5. The third kappa shape index (κ3) is 3.78. The number of benzene rings is 3. The molecule has 1 fully saturated rings. The van der Waals surface area contributed by atoms with E-state index < -0.39 is 0 Å². The molecule has 6 nitrogen and oxygen atoms in total. The van der Waals surface area contributed by atoms with Crippen LogP contribution in [0.25, 0.3) is 11.1 Å². The molecule has 0 aliphatic carbocycles. The van der Waals surface area contributed by atoms with Crippen LogP contribution in [0.5, 0.6) is 0 Å². The third-order valence-electron chi connectivity index (χ3n) is 5.80. The fraction of sp³-hybridized carbons (Fsp3) is 0.200. The topological polar surface area (TPSA) is 70.7 Å². The lowest BCUT2D eigenvalue weighted by atomic mass is 9.95. The van der Waals surface area contributed by atoms with Crippen LogP contribution in [0.15, 0.2) is 66.7 Å². The van der Waals surface area contributed by atoms with Crippen LogP contribution in [0.1, 0.15) is 26.3 Å². The van der Waals surface area contributed by atoms with E-state index in [1.165, 1.54) is 0 Å². The highest BCUT2D eigenvalue weighted by Gasteiger charge is 2.26. The Labute approximate surface area is 180 Å². The minimum Gasteiger partial charge on any atom is -0.378 e. The van der Waals surface area contributed by atoms with E-state index in [9.17, 15) is 9.59 Å². The van der Waals surface area contributed by atoms with Gasteiger partial charge in [-0.05, 0) is 47.0 Å². The molecule has 2 heterocycles. The number of ether oxygens (including phenoxy) is 1. The average molecular weight is 413 g/mol. The summed E-state index contributed by atoms with van der Waals surface area (Å²) in [5, 5.41) is 5.82. The largest absolute Gasteiger partial charge is 0.378 e. The Bertz CT molecular complexity index is 1120. The molecule has 0 radical (unpaired) electrons. The predicted octanol–water partition coefficient (Wildman–Crippen LogP) is 3.69. The van der Waals surface area contributed by atoms with Gasteiger partial charge in [-0.3, -0.25) is 9.59 Å². The van der Waals surface area contributed by atoms with Crippen molar-refractivity contribution in [2.24, 2.45) is 0 Å². The Morgan fingerprint density at radius 2 is 1.68 bits per heavy atom. The summed E-state index contributed by atoms with van der Waals surface area (Å²) in [6, 6.07) is 21.3. The molecule has 2 aliphatic heterocycles. The van der Waals surface area contributed by atoms with Gasteiger partial charge in [0.2, 0.25) is 0 Å². The lowest BCUT2D eigenvalue weighted by molar-refractivity contribution is 0.0966. The normalized spacial score (nSPS) is 15.4. The van der Waals surface area contributed by atoms with E-state index >= 15 is 0 Å². The van der Waals surface area contributed by atoms with Gasteiger partial charge in [0.05, 0.1) is 24.5 Å². The summed E-state index contributed by atoms with van der Waals surface area (Å²) < 4.78 is 5.39. The summed E-state index contributed by atoms with van der Waals surface area (Å²) in [6.45, 7) is 3.58. The van der Waals surface area contributed by atoms with Crippen LogP contribution in [-0.4, -0.2) is 38.1 Å². The zero-order chi connectivity index (χ0) is 21.2. The van der Waals surface area contributed by atoms with Gasteiger partial charge < -0.3 is 20.3 Å². The highest BCUT2D eigenvalue weighted by Crippen LogP contribution is 2.34. The molecular formula is C25H23N3O3. The molecule has 0 unspecified atom stereocenters. The van der Waals surface area contributed by atoms with E-state index in [1.54, 1.807) is 0 Å². The first-order chi connectivity index (χ1) is 15.2. The molecule has 5 rings (SSSR count). The summed E-state index contributed by atoms with van der Waals surface area (Å²) in [5.41, 5.74) is 5.67. The molecule has 2 amide bonds. The maximum Gasteiger partial charge on any atom is 0.255 e. The molecule has 31 heavy (non-hydrogen) atoms. The van der Waals surface area contributed by atoms with Gasteiger partial charge in [0.15, 0.2) is 0 Å². The van der Waals surface area contributed by atoms with Gasteiger partial charge in [-0.2, -0.15) is 0 Å². The first-order valence-electron chi connectivity index (χ1n) is 10.4. The standard InChI is InChI=1S/C25H23N3O3/c29-24(18-6-8-19(9-7-18)28-12-14-31-15-13-28)27-22-11-10-20(17-4-2-1-3-5-17)21-16-26-25(30)23(21)22/h1-11H,12-16H2,(H,26,30)(H,27,29). The minimum absolute atomic E-state index is 0.161. The number of carbonyl (C=O) groups excluding carboxylic acids is 2. The molecule has 0 aromatic heterocycles. The SMILES string of the molecule is O=C(Nc1ccc(-c2ccccc2)c2c1C(=O)NC2)c1ccc(N2CCOCC2)cc1. The van der Waals surface area contributed by atoms with Crippen LogP contribution in [0.3, 0.4) is 0 Å². The quantitative estimate of drug-likeness (QED) is 0.685. The van der Waals surface area contributed by atoms with Gasteiger partial charge in [0.25, 0.3) is 11.8 Å². The van der Waals surface area contributed by atoms with Crippen LogP contribution < -0.4 is 15.5 Å². The molecule has 2 N–H and O–H groups in total. The van der Waals surface area contributed by atoms with Crippen molar-refractivity contribution in [2.45, 2.75) is 6.54 Å². The summed E-state index contributed by atoms with van der Waals surface area (Å²) in [4.78, 5) is 27.7. The Morgan fingerprint density at radius 3 is 2.42 bits per heavy atom. The van der Waals surface area contributed by atoms with Gasteiger partial charge in [0, 0.05) is 30.9 Å². The van der Waals surface area contributed by atoms with Crippen LogP contribution in [0.4, 0.5) is 11.4 Å². The number of nitrogens with zero attached hydrogens (tertiary/aromatic N) is 1. The average Bonchev–Trinajstić information content (AvgIpc) is 3.22. The number of fused-ring (bicyclic) bond motifs is 1. The van der Waals surface area contributed by atoms with Crippen molar-refractivity contribution in [3.05, 3.63) is 83.4 Å². The fourth-order valence-electron chi connectivity index (χ4n) is 4.18. The predicted molar refractivity (Wildman–Crippen MR) is 120 cm³/mol. The van der Waals surface area contributed by atoms with E-state index in [1.807, 2.05) is 66.7 Å². The van der Waals surface area contributed by atoms with Crippen LogP contribution >= 0.6 is 0 Å². The number of nitrogens with one attached hydrogen (secondary N) is 2. The van der Waals surface area contributed by atoms with E-state index in [0.29, 0.717) is 36.6 Å². The number of hydrogen-bond acceptors (Lipinski definition) is 4. The number of anilines is 2. The van der Waals surface area contributed by atoms with Crippen molar-refractivity contribution < 1.29 is 14.3 Å². The van der Waals surface area contributed by atoms with Gasteiger partial charge in [0.1, 0.15) is 0 Å². The van der Waals surface area contributed by atoms with Crippen molar-refractivity contribution in [1.82, 2.24) is 5.32 Å². The van der Waals surface area contributed by atoms with Gasteiger partial charge in [-0.1, -0.05) is 36.4 Å². The fourth-order valence-corrected chi connectivity index (χ4v) is 4.18. The zero-order valence-corrected chi connectivity index (χ0v) is 17.1. The molecule has 0 saturated carbocycles. The Kier molecular flexibility index (Phi) is 5.14. The summed E-state index contributed by atoms with van der Waals surface area (Å²) in [5.74, 6) is -0.395. The van der Waals surface area contributed by atoms with E-state index in [-0.39, 0.29) is 11.8 Å². The molecule has 3 aromatic rings. The zero-order valence-electron chi connectivity index (χ0n) is 17.1. The Balaban J connectivity index is 1.39. The monoisotopic (exact) mass is 413 g/mol. The van der Waals surface area contributed by atoms with Crippen molar-refractivity contribution >= 4 is 23.2 Å². The first-order valence-corrected chi connectivity index (χ1v) is 10.4. The van der Waals surface area contributed by atoms with Crippen molar-refractivity contribution in [1.29, 1.82) is 0 Å². The van der Waals surface area contributed by atoms with Crippen molar-refractivity contribution in [3.8, 4) is 11.1 Å². The second-order valence-electron chi connectivity index (χ2n) is 7.66. The molecular weight excluding hydrogens is 390 g/mol. The Hall–Kier alpha value is -3.64.